The third-order valence-electron chi connectivity index (χ3n) is 2.98. The van der Waals surface area contributed by atoms with Crippen molar-refractivity contribution in [2.24, 2.45) is 5.41 Å². The summed E-state index contributed by atoms with van der Waals surface area (Å²) >= 11 is 0. The van der Waals surface area contributed by atoms with Crippen LogP contribution in [0.5, 0.6) is 0 Å². The molecule has 1 aliphatic carbocycles. The fraction of sp³-hybridized carbons (Fsp3) is 0.556. The van der Waals surface area contributed by atoms with Gasteiger partial charge in [-0.15, -0.1) is 0 Å². The lowest BCUT2D eigenvalue weighted by Crippen LogP contribution is -2.33. The smallest absolute Gasteiger partial charge is 0.352 e. The molecule has 0 aromatic carbocycles. The van der Waals surface area contributed by atoms with E-state index in [-0.39, 0.29) is 18.8 Å². The van der Waals surface area contributed by atoms with Gasteiger partial charge < -0.3 is 10.8 Å². The minimum atomic E-state index is -1.83. The van der Waals surface area contributed by atoms with Crippen LogP contribution in [0.3, 0.4) is 0 Å². The van der Waals surface area contributed by atoms with Crippen LogP contribution >= 0.6 is 0 Å². The summed E-state index contributed by atoms with van der Waals surface area (Å²) in [4.78, 5) is 14.8. The molecule has 0 saturated heterocycles. The first-order chi connectivity index (χ1) is 6.93. The Balaban J connectivity index is 2.45. The molecule has 82 valence electrons. The van der Waals surface area contributed by atoms with Crippen LogP contribution in [0, 0.1) is 5.41 Å². The van der Waals surface area contributed by atoms with Crippen LogP contribution in [-0.2, 0) is 5.79 Å². The summed E-state index contributed by atoms with van der Waals surface area (Å²) in [6, 6.07) is 1.36. The van der Waals surface area contributed by atoms with Gasteiger partial charge in [-0.2, -0.15) is 4.98 Å². The van der Waals surface area contributed by atoms with Crippen molar-refractivity contribution in [1.82, 2.24) is 9.55 Å². The van der Waals surface area contributed by atoms with Crippen molar-refractivity contribution < 1.29 is 9.50 Å². The molecule has 6 heteroatoms. The monoisotopic (exact) mass is 213 g/mol. The molecule has 3 N–H and O–H groups in total. The van der Waals surface area contributed by atoms with Crippen molar-refractivity contribution in [3.8, 4) is 0 Å². The summed E-state index contributed by atoms with van der Waals surface area (Å²) in [6.45, 7) is 1.27. The Morgan fingerprint density at radius 2 is 2.47 bits per heavy atom. The zero-order valence-corrected chi connectivity index (χ0v) is 8.27. The number of hydrogen-bond acceptors (Lipinski definition) is 4. The highest BCUT2D eigenvalue weighted by atomic mass is 19.1. The summed E-state index contributed by atoms with van der Waals surface area (Å²) in [5.41, 5.74) is 3.67. The lowest BCUT2D eigenvalue weighted by molar-refractivity contribution is 0.0945. The van der Waals surface area contributed by atoms with Crippen molar-refractivity contribution in [3.63, 3.8) is 0 Å². The predicted octanol–water partition coefficient (Wildman–Crippen LogP) is -0.150. The van der Waals surface area contributed by atoms with Gasteiger partial charge in [-0.3, -0.25) is 4.57 Å². The molecule has 1 aromatic rings. The number of aromatic nitrogens is 2. The van der Waals surface area contributed by atoms with Crippen LogP contribution in [0.2, 0.25) is 0 Å². The summed E-state index contributed by atoms with van der Waals surface area (Å²) in [7, 11) is 0. The van der Waals surface area contributed by atoms with Crippen molar-refractivity contribution in [2.45, 2.75) is 19.1 Å². The van der Waals surface area contributed by atoms with Gasteiger partial charge >= 0.3 is 5.69 Å². The maximum absolute atomic E-state index is 14.2. The maximum Gasteiger partial charge on any atom is 0.352 e. The van der Waals surface area contributed by atoms with Gasteiger partial charge in [-0.05, 0) is 6.07 Å². The molecule has 1 aliphatic rings. The molecule has 1 saturated carbocycles. The van der Waals surface area contributed by atoms with E-state index in [1.54, 1.807) is 6.92 Å². The highest BCUT2D eigenvalue weighted by Crippen LogP contribution is 2.61. The van der Waals surface area contributed by atoms with E-state index in [0.717, 1.165) is 4.57 Å². The third kappa shape index (κ3) is 1.25. The number of aliphatic hydroxyl groups is 1. The fourth-order valence-corrected chi connectivity index (χ4v) is 1.71. The molecule has 0 radical (unpaired) electrons. The molecule has 2 rings (SSSR count). The first-order valence-electron chi connectivity index (χ1n) is 4.58. The van der Waals surface area contributed by atoms with E-state index in [9.17, 15) is 9.18 Å². The first kappa shape index (κ1) is 10.1. The van der Waals surface area contributed by atoms with Crippen LogP contribution in [0.4, 0.5) is 10.2 Å². The second-order valence-corrected chi connectivity index (χ2v) is 4.16. The highest BCUT2D eigenvalue weighted by molar-refractivity contribution is 5.25. The number of anilines is 1. The van der Waals surface area contributed by atoms with Gasteiger partial charge in [0.05, 0.1) is 6.61 Å². The Hall–Kier alpha value is -1.43. The van der Waals surface area contributed by atoms with Gasteiger partial charge in [0.25, 0.3) is 0 Å². The number of halogens is 1. The van der Waals surface area contributed by atoms with Crippen LogP contribution in [-0.4, -0.2) is 21.3 Å². The molecule has 1 aromatic heterocycles. The standard InChI is InChI=1S/C9H12FN3O2/c1-8(5-14)4-9(8,10)13-3-2-6(11)12-7(13)15/h2-3,14H,4-5H2,1H3,(H2,11,12,15)/t8-,9-/m1/s1. The topological polar surface area (TPSA) is 81.1 Å². The molecular weight excluding hydrogens is 201 g/mol. The Morgan fingerprint density at radius 1 is 1.80 bits per heavy atom. The van der Waals surface area contributed by atoms with Crippen molar-refractivity contribution in [2.75, 3.05) is 12.3 Å². The Kier molecular flexibility index (Phi) is 1.88. The van der Waals surface area contributed by atoms with Gasteiger partial charge in [-0.25, -0.2) is 9.18 Å². The number of rotatable bonds is 2. The second kappa shape index (κ2) is 2.79. The summed E-state index contributed by atoms with van der Waals surface area (Å²) in [5, 5.41) is 9.01. The zero-order valence-electron chi connectivity index (χ0n) is 8.27. The van der Waals surface area contributed by atoms with E-state index >= 15 is 0 Å². The van der Waals surface area contributed by atoms with Gasteiger partial charge in [0.15, 0.2) is 5.79 Å². The van der Waals surface area contributed by atoms with Crippen molar-refractivity contribution in [3.05, 3.63) is 22.7 Å². The molecule has 0 amide bonds. The number of nitrogens with zero attached hydrogens (tertiary/aromatic N) is 2. The van der Waals surface area contributed by atoms with Crippen molar-refractivity contribution in [1.29, 1.82) is 0 Å². The zero-order chi connectivity index (χ0) is 11.3. The Bertz CT molecular complexity index is 461. The highest BCUT2D eigenvalue weighted by Gasteiger charge is 2.68. The third-order valence-corrected chi connectivity index (χ3v) is 2.98. The van der Waals surface area contributed by atoms with E-state index in [1.807, 2.05) is 0 Å². The molecule has 2 atom stereocenters. The predicted molar refractivity (Wildman–Crippen MR) is 51.8 cm³/mol. The molecule has 0 unspecified atom stereocenters. The van der Waals surface area contributed by atoms with Crippen LogP contribution in [0.15, 0.2) is 17.1 Å². The largest absolute Gasteiger partial charge is 0.396 e. The van der Waals surface area contributed by atoms with Crippen LogP contribution in [0.1, 0.15) is 13.3 Å². The second-order valence-electron chi connectivity index (χ2n) is 4.16. The van der Waals surface area contributed by atoms with Gasteiger partial charge in [0.2, 0.25) is 0 Å². The minimum Gasteiger partial charge on any atom is -0.396 e. The van der Waals surface area contributed by atoms with Gasteiger partial charge in [0, 0.05) is 18.0 Å². The summed E-state index contributed by atoms with van der Waals surface area (Å²) < 4.78 is 15.1. The normalized spacial score (nSPS) is 34.1. The number of alkyl halides is 1. The minimum absolute atomic E-state index is 0.0613. The Labute approximate surface area is 85.4 Å². The molecule has 1 heterocycles. The van der Waals surface area contributed by atoms with Gasteiger partial charge in [0.1, 0.15) is 5.82 Å². The lowest BCUT2D eigenvalue weighted by atomic mass is 10.1. The van der Waals surface area contributed by atoms with E-state index in [4.69, 9.17) is 10.8 Å². The number of hydrogen-bond donors (Lipinski definition) is 2. The lowest BCUT2D eigenvalue weighted by Gasteiger charge is -2.15. The molecule has 15 heavy (non-hydrogen) atoms. The van der Waals surface area contributed by atoms with E-state index in [1.165, 1.54) is 12.3 Å². The average Bonchev–Trinajstić information content (AvgIpc) is 2.71. The molecule has 0 bridgehead atoms. The quantitative estimate of drug-likeness (QED) is 0.715. The SMILES string of the molecule is C[C@]1(CO)C[C@@]1(F)n1ccc(N)nc1=O. The summed E-state index contributed by atoms with van der Waals surface area (Å²) in [5.74, 6) is -1.77. The molecule has 1 fully saturated rings. The van der Waals surface area contributed by atoms with Crippen LogP contribution < -0.4 is 11.4 Å². The molecule has 0 spiro atoms. The number of aliphatic hydroxyl groups excluding tert-OH is 1. The first-order valence-corrected chi connectivity index (χ1v) is 4.58. The molecular formula is C9H12FN3O2. The summed E-state index contributed by atoms with van der Waals surface area (Å²) in [6.07, 6.45) is 1.38. The fourth-order valence-electron chi connectivity index (χ4n) is 1.71. The van der Waals surface area contributed by atoms with Crippen molar-refractivity contribution >= 4 is 5.82 Å². The van der Waals surface area contributed by atoms with Crippen LogP contribution in [0.25, 0.3) is 0 Å². The number of nitrogen functional groups attached to an aromatic ring is 1. The average molecular weight is 213 g/mol. The van der Waals surface area contributed by atoms with E-state index in [2.05, 4.69) is 4.98 Å². The van der Waals surface area contributed by atoms with E-state index in [0.29, 0.717) is 0 Å². The Morgan fingerprint density at radius 3 is 2.93 bits per heavy atom. The molecule has 5 nitrogen and oxygen atoms in total. The molecule has 0 aliphatic heterocycles. The van der Waals surface area contributed by atoms with E-state index < -0.39 is 16.9 Å². The van der Waals surface area contributed by atoms with Gasteiger partial charge in [-0.1, -0.05) is 6.92 Å². The number of nitrogens with two attached hydrogens (primary N) is 1. The maximum atomic E-state index is 14.2.